The molecule has 20 heavy (non-hydrogen) atoms. The maximum absolute atomic E-state index is 4.33. The van der Waals surface area contributed by atoms with E-state index in [2.05, 4.69) is 45.9 Å². The summed E-state index contributed by atoms with van der Waals surface area (Å²) in [4.78, 5) is 13.5. The number of rotatable bonds is 5. The molecular formula is C15H27N5. The van der Waals surface area contributed by atoms with Gasteiger partial charge in [0.15, 0.2) is 0 Å². The van der Waals surface area contributed by atoms with Gasteiger partial charge in [-0.3, -0.25) is 4.90 Å². The van der Waals surface area contributed by atoms with Crippen LogP contribution in [0.15, 0.2) is 18.5 Å². The maximum Gasteiger partial charge on any atom is 0.225 e. The van der Waals surface area contributed by atoms with E-state index in [1.54, 1.807) is 0 Å². The number of hydrogen-bond acceptors (Lipinski definition) is 5. The molecule has 1 atom stereocenters. The van der Waals surface area contributed by atoms with Crippen molar-refractivity contribution in [3.63, 3.8) is 0 Å². The van der Waals surface area contributed by atoms with Crippen molar-refractivity contribution in [1.82, 2.24) is 20.2 Å². The van der Waals surface area contributed by atoms with Crippen LogP contribution < -0.4 is 10.2 Å². The number of aromatic nitrogens is 2. The standard InChI is InChI=1S/C15H27N5/c1-13(16-4)15(2,3)12-19-8-10-20(11-9-19)14-17-6-5-7-18-14/h5-7,13,16H,8-12H2,1-4H3. The lowest BCUT2D eigenvalue weighted by Crippen LogP contribution is -2.52. The summed E-state index contributed by atoms with van der Waals surface area (Å²) >= 11 is 0. The van der Waals surface area contributed by atoms with Gasteiger partial charge in [0.1, 0.15) is 0 Å². The summed E-state index contributed by atoms with van der Waals surface area (Å²) in [7, 11) is 2.04. The minimum atomic E-state index is 0.278. The Morgan fingerprint density at radius 3 is 2.35 bits per heavy atom. The number of anilines is 1. The summed E-state index contributed by atoms with van der Waals surface area (Å²) in [5, 5.41) is 3.37. The first-order valence-electron chi connectivity index (χ1n) is 7.44. The highest BCUT2D eigenvalue weighted by Crippen LogP contribution is 2.23. The second kappa shape index (κ2) is 6.50. The van der Waals surface area contributed by atoms with Gasteiger partial charge in [-0.1, -0.05) is 13.8 Å². The number of nitrogens with one attached hydrogen (secondary N) is 1. The number of hydrogen-bond donors (Lipinski definition) is 1. The van der Waals surface area contributed by atoms with Gasteiger partial charge in [0.2, 0.25) is 5.95 Å². The van der Waals surface area contributed by atoms with Gasteiger partial charge in [-0.2, -0.15) is 0 Å². The van der Waals surface area contributed by atoms with Gasteiger partial charge >= 0.3 is 0 Å². The Labute approximate surface area is 122 Å². The first kappa shape index (κ1) is 15.2. The van der Waals surface area contributed by atoms with E-state index in [4.69, 9.17) is 0 Å². The summed E-state index contributed by atoms with van der Waals surface area (Å²) < 4.78 is 0. The molecule has 0 bridgehead atoms. The Morgan fingerprint density at radius 2 is 1.80 bits per heavy atom. The van der Waals surface area contributed by atoms with Crippen molar-refractivity contribution in [3.8, 4) is 0 Å². The zero-order valence-corrected chi connectivity index (χ0v) is 13.1. The zero-order valence-electron chi connectivity index (χ0n) is 13.1. The molecule has 1 saturated heterocycles. The van der Waals surface area contributed by atoms with Crippen LogP contribution in [0.5, 0.6) is 0 Å². The highest BCUT2D eigenvalue weighted by Gasteiger charge is 2.29. The van der Waals surface area contributed by atoms with Crippen molar-refractivity contribution < 1.29 is 0 Å². The van der Waals surface area contributed by atoms with Crippen LogP contribution >= 0.6 is 0 Å². The molecule has 0 aliphatic carbocycles. The van der Waals surface area contributed by atoms with Crippen LogP contribution in [-0.2, 0) is 0 Å². The lowest BCUT2D eigenvalue weighted by atomic mass is 9.84. The normalized spacial score (nSPS) is 19.1. The Kier molecular flexibility index (Phi) is 4.94. The number of piperazine rings is 1. The van der Waals surface area contributed by atoms with Crippen LogP contribution in [0.2, 0.25) is 0 Å². The maximum atomic E-state index is 4.33. The fourth-order valence-electron chi connectivity index (χ4n) is 2.66. The number of nitrogens with zero attached hydrogens (tertiary/aromatic N) is 4. The van der Waals surface area contributed by atoms with Gasteiger partial charge < -0.3 is 10.2 Å². The van der Waals surface area contributed by atoms with Crippen molar-refractivity contribution in [1.29, 1.82) is 0 Å². The molecular weight excluding hydrogens is 250 g/mol. The summed E-state index contributed by atoms with van der Waals surface area (Å²) in [5.41, 5.74) is 0.278. The average molecular weight is 277 g/mol. The molecule has 1 unspecified atom stereocenters. The van der Waals surface area contributed by atoms with E-state index in [9.17, 15) is 0 Å². The minimum Gasteiger partial charge on any atom is -0.338 e. The van der Waals surface area contributed by atoms with Crippen LogP contribution in [0.25, 0.3) is 0 Å². The molecule has 2 rings (SSSR count). The molecule has 5 heteroatoms. The first-order chi connectivity index (χ1) is 9.53. The smallest absolute Gasteiger partial charge is 0.225 e. The Balaban J connectivity index is 1.86. The van der Waals surface area contributed by atoms with Crippen molar-refractivity contribution >= 4 is 5.95 Å². The van der Waals surface area contributed by atoms with Crippen molar-refractivity contribution in [2.45, 2.75) is 26.8 Å². The molecule has 1 aliphatic rings. The topological polar surface area (TPSA) is 44.3 Å². The molecule has 1 aliphatic heterocycles. The predicted octanol–water partition coefficient (Wildman–Crippen LogP) is 1.23. The fourth-order valence-corrected chi connectivity index (χ4v) is 2.66. The van der Waals surface area contributed by atoms with Gasteiger partial charge in [-0.05, 0) is 25.5 Å². The largest absolute Gasteiger partial charge is 0.338 e. The van der Waals surface area contributed by atoms with Crippen LogP contribution in [0.4, 0.5) is 5.95 Å². The second-order valence-electron chi connectivity index (χ2n) is 6.31. The van der Waals surface area contributed by atoms with Gasteiger partial charge in [0.25, 0.3) is 0 Å². The Morgan fingerprint density at radius 1 is 1.20 bits per heavy atom. The molecule has 0 radical (unpaired) electrons. The van der Waals surface area contributed by atoms with Gasteiger partial charge in [-0.15, -0.1) is 0 Å². The lowest BCUT2D eigenvalue weighted by Gasteiger charge is -2.41. The third-order valence-electron chi connectivity index (χ3n) is 4.44. The molecule has 0 spiro atoms. The van der Waals surface area contributed by atoms with E-state index in [1.807, 2.05) is 25.5 Å². The molecule has 0 saturated carbocycles. The van der Waals surface area contributed by atoms with Gasteiger partial charge in [0.05, 0.1) is 0 Å². The van der Waals surface area contributed by atoms with Gasteiger partial charge in [-0.25, -0.2) is 9.97 Å². The summed E-state index contributed by atoms with van der Waals surface area (Å²) in [6.45, 7) is 12.2. The second-order valence-corrected chi connectivity index (χ2v) is 6.31. The first-order valence-corrected chi connectivity index (χ1v) is 7.44. The molecule has 1 fully saturated rings. The molecule has 1 N–H and O–H groups in total. The third-order valence-corrected chi connectivity index (χ3v) is 4.44. The third kappa shape index (κ3) is 3.67. The molecule has 112 valence electrons. The van der Waals surface area contributed by atoms with Gasteiger partial charge in [0, 0.05) is 51.2 Å². The van der Waals surface area contributed by atoms with E-state index in [0.29, 0.717) is 6.04 Å². The van der Waals surface area contributed by atoms with E-state index in [1.165, 1.54) is 0 Å². The van der Waals surface area contributed by atoms with E-state index in [-0.39, 0.29) is 5.41 Å². The quantitative estimate of drug-likeness (QED) is 0.877. The Hall–Kier alpha value is -1.20. The minimum absolute atomic E-state index is 0.278. The van der Waals surface area contributed by atoms with Crippen LogP contribution in [0, 0.1) is 5.41 Å². The Bertz CT molecular complexity index is 398. The van der Waals surface area contributed by atoms with Crippen LogP contribution in [0.1, 0.15) is 20.8 Å². The summed E-state index contributed by atoms with van der Waals surface area (Å²) in [5.74, 6) is 0.856. The molecule has 2 heterocycles. The zero-order chi connectivity index (χ0) is 14.6. The van der Waals surface area contributed by atoms with Crippen molar-refractivity contribution in [3.05, 3.63) is 18.5 Å². The molecule has 0 amide bonds. The summed E-state index contributed by atoms with van der Waals surface area (Å²) in [6, 6.07) is 2.37. The van der Waals surface area contributed by atoms with Crippen LogP contribution in [-0.4, -0.2) is 60.7 Å². The van der Waals surface area contributed by atoms with E-state index in [0.717, 1.165) is 38.7 Å². The van der Waals surface area contributed by atoms with Crippen molar-refractivity contribution in [2.24, 2.45) is 5.41 Å². The highest BCUT2D eigenvalue weighted by atomic mass is 15.3. The fraction of sp³-hybridized carbons (Fsp3) is 0.733. The molecule has 5 nitrogen and oxygen atoms in total. The predicted molar refractivity (Wildman–Crippen MR) is 83.0 cm³/mol. The van der Waals surface area contributed by atoms with Crippen LogP contribution in [0.3, 0.4) is 0 Å². The molecule has 0 aromatic carbocycles. The highest BCUT2D eigenvalue weighted by molar-refractivity contribution is 5.29. The average Bonchev–Trinajstić information content (AvgIpc) is 2.47. The molecule has 1 aromatic rings. The van der Waals surface area contributed by atoms with E-state index >= 15 is 0 Å². The monoisotopic (exact) mass is 277 g/mol. The SMILES string of the molecule is CNC(C)C(C)(C)CN1CCN(c2ncccn2)CC1. The lowest BCUT2D eigenvalue weighted by molar-refractivity contribution is 0.140. The molecule has 1 aromatic heterocycles. The summed E-state index contributed by atoms with van der Waals surface area (Å²) in [6.07, 6.45) is 3.62. The van der Waals surface area contributed by atoms with Crippen molar-refractivity contribution in [2.75, 3.05) is 44.7 Å². The van der Waals surface area contributed by atoms with E-state index < -0.39 is 0 Å².